The van der Waals surface area contributed by atoms with Crippen LogP contribution in [0.5, 0.6) is 0 Å². The van der Waals surface area contributed by atoms with Gasteiger partial charge in [0.25, 0.3) is 5.91 Å². The van der Waals surface area contributed by atoms with Gasteiger partial charge < -0.3 is 15.4 Å². The monoisotopic (exact) mass is 318 g/mol. The molecule has 1 aliphatic rings. The second kappa shape index (κ2) is 6.81. The second-order valence-electron chi connectivity index (χ2n) is 6.16. The van der Waals surface area contributed by atoms with Gasteiger partial charge in [-0.25, -0.2) is 4.79 Å². The zero-order chi connectivity index (χ0) is 17.0. The fraction of sp³-hybridized carbons (Fsp3) is 0.471. The van der Waals surface area contributed by atoms with Gasteiger partial charge >= 0.3 is 5.97 Å². The summed E-state index contributed by atoms with van der Waals surface area (Å²) < 4.78 is 5.34. The average molecular weight is 318 g/mol. The van der Waals surface area contributed by atoms with E-state index < -0.39 is 11.6 Å². The van der Waals surface area contributed by atoms with Crippen molar-refractivity contribution in [2.45, 2.75) is 32.8 Å². The van der Waals surface area contributed by atoms with Gasteiger partial charge in [-0.1, -0.05) is 32.0 Å². The van der Waals surface area contributed by atoms with Crippen LogP contribution in [-0.4, -0.2) is 36.5 Å². The lowest BCUT2D eigenvalue weighted by Gasteiger charge is -2.33. The van der Waals surface area contributed by atoms with Crippen molar-refractivity contribution in [2.75, 3.05) is 13.1 Å². The standard InChI is InChI=1S/C17H22N2O4/c1-11(2)14(20)18-8-9-19-16(22)17(3)10-12-6-4-5-7-13(12)15(21)23-17/h4-7,11H,8-10H2,1-3H3,(H,18,20)(H,19,22). The Morgan fingerprint density at radius 1 is 1.22 bits per heavy atom. The van der Waals surface area contributed by atoms with Crippen LogP contribution in [0.2, 0.25) is 0 Å². The van der Waals surface area contributed by atoms with Crippen molar-refractivity contribution < 1.29 is 19.1 Å². The van der Waals surface area contributed by atoms with Gasteiger partial charge in [0.15, 0.2) is 5.60 Å². The van der Waals surface area contributed by atoms with Crippen LogP contribution < -0.4 is 10.6 Å². The summed E-state index contributed by atoms with van der Waals surface area (Å²) in [6, 6.07) is 7.11. The number of amides is 2. The van der Waals surface area contributed by atoms with E-state index in [4.69, 9.17) is 4.74 Å². The average Bonchev–Trinajstić information content (AvgIpc) is 2.50. The number of ether oxygens (including phenoxy) is 1. The van der Waals surface area contributed by atoms with Crippen molar-refractivity contribution >= 4 is 17.8 Å². The minimum Gasteiger partial charge on any atom is -0.445 e. The van der Waals surface area contributed by atoms with Crippen LogP contribution in [0, 0.1) is 5.92 Å². The third-order valence-electron chi connectivity index (χ3n) is 3.80. The molecule has 1 atom stereocenters. The van der Waals surface area contributed by atoms with E-state index in [-0.39, 0.29) is 24.3 Å². The number of rotatable bonds is 5. The first kappa shape index (κ1) is 17.0. The molecule has 1 aromatic rings. The van der Waals surface area contributed by atoms with Crippen LogP contribution in [0.4, 0.5) is 0 Å². The topological polar surface area (TPSA) is 84.5 Å². The van der Waals surface area contributed by atoms with Crippen molar-refractivity contribution in [1.29, 1.82) is 0 Å². The van der Waals surface area contributed by atoms with Gasteiger partial charge in [0.1, 0.15) is 0 Å². The Morgan fingerprint density at radius 3 is 2.57 bits per heavy atom. The van der Waals surface area contributed by atoms with Crippen molar-refractivity contribution in [3.05, 3.63) is 35.4 Å². The molecule has 1 aliphatic heterocycles. The first-order valence-corrected chi connectivity index (χ1v) is 7.71. The van der Waals surface area contributed by atoms with E-state index in [1.807, 2.05) is 12.1 Å². The third kappa shape index (κ3) is 3.88. The molecule has 23 heavy (non-hydrogen) atoms. The van der Waals surface area contributed by atoms with Crippen LogP contribution in [0.15, 0.2) is 24.3 Å². The van der Waals surface area contributed by atoms with Gasteiger partial charge in [0.05, 0.1) is 5.56 Å². The van der Waals surface area contributed by atoms with Gasteiger partial charge in [-0.3, -0.25) is 9.59 Å². The van der Waals surface area contributed by atoms with Crippen LogP contribution in [-0.2, 0) is 20.7 Å². The van der Waals surface area contributed by atoms with E-state index in [1.54, 1.807) is 32.9 Å². The zero-order valence-electron chi connectivity index (χ0n) is 13.6. The number of carbonyl (C=O) groups excluding carboxylic acids is 3. The van der Waals surface area contributed by atoms with Gasteiger partial charge in [-0.05, 0) is 18.6 Å². The zero-order valence-corrected chi connectivity index (χ0v) is 13.6. The quantitative estimate of drug-likeness (QED) is 0.628. The highest BCUT2D eigenvalue weighted by atomic mass is 16.6. The molecule has 0 radical (unpaired) electrons. The number of fused-ring (bicyclic) bond motifs is 1. The minimum absolute atomic E-state index is 0.0662. The number of hydrogen-bond acceptors (Lipinski definition) is 4. The molecule has 2 rings (SSSR count). The lowest BCUT2D eigenvalue weighted by molar-refractivity contribution is -0.139. The van der Waals surface area contributed by atoms with E-state index in [1.165, 1.54) is 0 Å². The Labute approximate surface area is 135 Å². The van der Waals surface area contributed by atoms with Crippen LogP contribution in [0.3, 0.4) is 0 Å². The first-order chi connectivity index (χ1) is 10.8. The molecule has 0 spiro atoms. The van der Waals surface area contributed by atoms with Crippen molar-refractivity contribution in [1.82, 2.24) is 10.6 Å². The largest absolute Gasteiger partial charge is 0.445 e. The maximum absolute atomic E-state index is 12.4. The molecule has 1 aromatic carbocycles. The van der Waals surface area contributed by atoms with Gasteiger partial charge in [0.2, 0.25) is 5.91 Å². The summed E-state index contributed by atoms with van der Waals surface area (Å²) in [6.07, 6.45) is 0.332. The molecule has 124 valence electrons. The first-order valence-electron chi connectivity index (χ1n) is 7.71. The van der Waals surface area contributed by atoms with Gasteiger partial charge in [0, 0.05) is 25.4 Å². The third-order valence-corrected chi connectivity index (χ3v) is 3.80. The van der Waals surface area contributed by atoms with E-state index in [0.717, 1.165) is 5.56 Å². The number of benzene rings is 1. The highest BCUT2D eigenvalue weighted by molar-refractivity contribution is 5.97. The number of esters is 1. The molecule has 0 saturated carbocycles. The summed E-state index contributed by atoms with van der Waals surface area (Å²) in [5.74, 6) is -1.01. The summed E-state index contributed by atoms with van der Waals surface area (Å²) >= 11 is 0. The lowest BCUT2D eigenvalue weighted by Crippen LogP contribution is -2.52. The fourth-order valence-electron chi connectivity index (χ4n) is 2.41. The summed E-state index contributed by atoms with van der Waals surface area (Å²) in [6.45, 7) is 5.82. The Hall–Kier alpha value is -2.37. The highest BCUT2D eigenvalue weighted by Crippen LogP contribution is 2.28. The maximum atomic E-state index is 12.4. The fourth-order valence-corrected chi connectivity index (χ4v) is 2.41. The number of cyclic esters (lactones) is 1. The van der Waals surface area contributed by atoms with E-state index >= 15 is 0 Å². The molecular formula is C17H22N2O4. The van der Waals surface area contributed by atoms with Crippen molar-refractivity contribution in [3.63, 3.8) is 0 Å². The second-order valence-corrected chi connectivity index (χ2v) is 6.16. The summed E-state index contributed by atoms with van der Waals surface area (Å²) in [7, 11) is 0. The number of hydrogen-bond donors (Lipinski definition) is 2. The molecule has 0 bridgehead atoms. The molecular weight excluding hydrogens is 296 g/mol. The molecule has 6 nitrogen and oxygen atoms in total. The number of carbonyl (C=O) groups is 3. The molecule has 1 unspecified atom stereocenters. The Balaban J connectivity index is 1.92. The normalized spacial score (nSPS) is 19.7. The Kier molecular flexibility index (Phi) is 5.03. The predicted molar refractivity (Wildman–Crippen MR) is 84.8 cm³/mol. The molecule has 0 aromatic heterocycles. The Morgan fingerprint density at radius 2 is 1.87 bits per heavy atom. The maximum Gasteiger partial charge on any atom is 0.339 e. The summed E-state index contributed by atoms with van der Waals surface area (Å²) in [4.78, 5) is 35.8. The highest BCUT2D eigenvalue weighted by Gasteiger charge is 2.42. The molecule has 0 fully saturated rings. The molecule has 1 heterocycles. The van der Waals surface area contributed by atoms with Gasteiger partial charge in [-0.2, -0.15) is 0 Å². The van der Waals surface area contributed by atoms with Crippen LogP contribution in [0.25, 0.3) is 0 Å². The van der Waals surface area contributed by atoms with Gasteiger partial charge in [-0.15, -0.1) is 0 Å². The van der Waals surface area contributed by atoms with Crippen LogP contribution in [0.1, 0.15) is 36.7 Å². The van der Waals surface area contributed by atoms with Crippen LogP contribution >= 0.6 is 0 Å². The predicted octanol–water partition coefficient (Wildman–Crippen LogP) is 1.05. The molecule has 2 amide bonds. The van der Waals surface area contributed by atoms with E-state index in [2.05, 4.69) is 10.6 Å². The SMILES string of the molecule is CC(C)C(=O)NCCNC(=O)C1(C)Cc2ccccc2C(=O)O1. The number of nitrogens with one attached hydrogen (secondary N) is 2. The van der Waals surface area contributed by atoms with E-state index in [0.29, 0.717) is 18.5 Å². The Bertz CT molecular complexity index is 627. The minimum atomic E-state index is -1.23. The lowest BCUT2D eigenvalue weighted by atomic mass is 9.89. The molecule has 6 heteroatoms. The summed E-state index contributed by atoms with van der Waals surface area (Å²) in [5, 5.41) is 5.42. The summed E-state index contributed by atoms with van der Waals surface area (Å²) in [5.41, 5.74) is 0.0736. The molecule has 2 N–H and O–H groups in total. The smallest absolute Gasteiger partial charge is 0.339 e. The van der Waals surface area contributed by atoms with Crippen molar-refractivity contribution in [2.24, 2.45) is 5.92 Å². The molecule has 0 saturated heterocycles. The molecule has 0 aliphatic carbocycles. The van der Waals surface area contributed by atoms with E-state index in [9.17, 15) is 14.4 Å². The van der Waals surface area contributed by atoms with Crippen molar-refractivity contribution in [3.8, 4) is 0 Å².